The molecule has 0 aromatic heterocycles. The molecule has 2 fully saturated rings. The maximum atomic E-state index is 3.96. The summed E-state index contributed by atoms with van der Waals surface area (Å²) < 4.78 is 0. The first-order valence-electron chi connectivity index (χ1n) is 15.3. The van der Waals surface area contributed by atoms with Gasteiger partial charge in [-0.15, -0.1) is 9.24 Å². The normalized spacial score (nSPS) is 21.6. The van der Waals surface area contributed by atoms with Crippen molar-refractivity contribution in [3.05, 3.63) is 83.9 Å². The highest BCUT2D eigenvalue weighted by Crippen LogP contribution is 2.62. The molecule has 2 N–H and O–H groups in total. The molecule has 4 heteroatoms. The van der Waals surface area contributed by atoms with Gasteiger partial charge in [-0.1, -0.05) is 110 Å². The molecule has 2 heterocycles. The number of hydrogen-bond donors (Lipinski definition) is 2. The highest BCUT2D eigenvalue weighted by Gasteiger charge is 2.47. The number of rotatable bonds is 7. The molecule has 3 aromatic rings. The second-order valence-electron chi connectivity index (χ2n) is 13.9. The minimum absolute atomic E-state index is 0.0577. The molecule has 0 bridgehead atoms. The van der Waals surface area contributed by atoms with Crippen LogP contribution in [0.5, 0.6) is 0 Å². The summed E-state index contributed by atoms with van der Waals surface area (Å²) in [5.74, 6) is 0. The molecule has 0 saturated carbocycles. The van der Waals surface area contributed by atoms with Gasteiger partial charge in [0, 0.05) is 17.2 Å². The van der Waals surface area contributed by atoms with Crippen molar-refractivity contribution in [1.29, 1.82) is 0 Å². The summed E-state index contributed by atoms with van der Waals surface area (Å²) in [4.78, 5) is 0. The number of hydrogen-bond acceptors (Lipinski definition) is 2. The minimum atomic E-state index is -0.302. The molecule has 0 spiro atoms. The Bertz CT molecular complexity index is 1230. The first kappa shape index (κ1) is 29.9. The molecular weight excluding hydrogens is 522 g/mol. The van der Waals surface area contributed by atoms with Gasteiger partial charge in [0.25, 0.3) is 0 Å². The first-order valence-corrected chi connectivity index (χ1v) is 17.4. The zero-order chi connectivity index (χ0) is 28.5. The van der Waals surface area contributed by atoms with Crippen LogP contribution in [0.25, 0.3) is 22.3 Å². The summed E-state index contributed by atoms with van der Waals surface area (Å²) in [6.07, 6.45) is 6.12. The van der Waals surface area contributed by atoms with E-state index in [4.69, 9.17) is 0 Å². The monoisotopic (exact) mass is 572 g/mol. The van der Waals surface area contributed by atoms with Crippen LogP contribution in [-0.2, 0) is 11.3 Å². The molecule has 0 aliphatic carbocycles. The summed E-state index contributed by atoms with van der Waals surface area (Å²) >= 11 is 0. The Morgan fingerprint density at radius 3 is 1.55 bits per heavy atom. The van der Waals surface area contributed by atoms with E-state index in [1.165, 1.54) is 53.5 Å². The van der Waals surface area contributed by atoms with Gasteiger partial charge in [-0.3, -0.25) is 0 Å². The summed E-state index contributed by atoms with van der Waals surface area (Å²) in [7, 11) is 3.16. The fourth-order valence-corrected chi connectivity index (χ4v) is 11.7. The Morgan fingerprint density at radius 1 is 0.700 bits per heavy atom. The first-order chi connectivity index (χ1) is 19.0. The summed E-state index contributed by atoms with van der Waals surface area (Å²) in [5, 5.41) is 8.39. The molecule has 2 nitrogen and oxygen atoms in total. The van der Waals surface area contributed by atoms with E-state index in [-0.39, 0.29) is 23.4 Å². The van der Waals surface area contributed by atoms with Crippen LogP contribution < -0.4 is 10.6 Å². The Labute approximate surface area is 247 Å². The van der Waals surface area contributed by atoms with Crippen LogP contribution in [-0.4, -0.2) is 35.5 Å². The van der Waals surface area contributed by atoms with Crippen molar-refractivity contribution < 1.29 is 0 Å². The largest absolute Gasteiger partial charge is 0.313 e. The van der Waals surface area contributed by atoms with Gasteiger partial charge in [0.2, 0.25) is 0 Å². The minimum Gasteiger partial charge on any atom is -0.313 e. The van der Waals surface area contributed by atoms with Crippen LogP contribution in [0.1, 0.15) is 78.4 Å². The molecule has 2 aliphatic rings. The lowest BCUT2D eigenvalue weighted by Crippen LogP contribution is -2.52. The molecule has 3 aromatic carbocycles. The van der Waals surface area contributed by atoms with E-state index in [9.17, 15) is 0 Å². The molecule has 40 heavy (non-hydrogen) atoms. The Balaban J connectivity index is 1.80. The van der Waals surface area contributed by atoms with Gasteiger partial charge in [-0.25, -0.2) is 0 Å². The van der Waals surface area contributed by atoms with Crippen molar-refractivity contribution in [2.45, 2.75) is 101 Å². The van der Waals surface area contributed by atoms with Crippen molar-refractivity contribution in [1.82, 2.24) is 10.6 Å². The number of benzene rings is 3. The molecular formula is C36H50N2P2. The Kier molecular flexibility index (Phi) is 8.95. The number of nitrogens with one attached hydrogen (secondary N) is 2. The van der Waals surface area contributed by atoms with E-state index in [1.807, 2.05) is 0 Å². The third kappa shape index (κ3) is 6.13. The predicted molar refractivity (Wildman–Crippen MR) is 181 cm³/mol. The van der Waals surface area contributed by atoms with Gasteiger partial charge in [0.05, 0.1) is 0 Å². The highest BCUT2D eigenvalue weighted by atomic mass is 31.1. The summed E-state index contributed by atoms with van der Waals surface area (Å²) in [5.41, 5.74) is 8.40. The van der Waals surface area contributed by atoms with Gasteiger partial charge in [0.15, 0.2) is 0 Å². The van der Waals surface area contributed by atoms with Crippen molar-refractivity contribution in [2.24, 2.45) is 0 Å². The average Bonchev–Trinajstić information content (AvgIpc) is 3.66. The molecule has 2 saturated heterocycles. The lowest BCUT2D eigenvalue weighted by molar-refractivity contribution is 0.352. The van der Waals surface area contributed by atoms with E-state index in [0.717, 1.165) is 19.3 Å². The maximum Gasteiger partial charge on any atom is 0.0405 e. The van der Waals surface area contributed by atoms with Crippen LogP contribution in [0.4, 0.5) is 0 Å². The highest BCUT2D eigenvalue weighted by molar-refractivity contribution is 7.60. The lowest BCUT2D eigenvalue weighted by atomic mass is 9.77. The SMILES string of the molecule is CC(C)(C)P(Cc1cc(-c2ccccc2)c(-c2ccccc2)cc1C(P)(C1CCCN1)C1CCCN1)C(C)(C)C. The fourth-order valence-electron chi connectivity index (χ4n) is 7.35. The van der Waals surface area contributed by atoms with Gasteiger partial charge >= 0.3 is 0 Å². The third-order valence-electron chi connectivity index (χ3n) is 9.10. The average molecular weight is 573 g/mol. The molecule has 0 radical (unpaired) electrons. The van der Waals surface area contributed by atoms with Gasteiger partial charge < -0.3 is 10.6 Å². The fraction of sp³-hybridized carbons (Fsp3) is 0.500. The van der Waals surface area contributed by atoms with Crippen LogP contribution >= 0.6 is 17.2 Å². The second-order valence-corrected chi connectivity index (χ2v) is 18.8. The van der Waals surface area contributed by atoms with Crippen molar-refractivity contribution in [3.8, 4) is 22.3 Å². The quantitative estimate of drug-likeness (QED) is 0.276. The van der Waals surface area contributed by atoms with E-state index in [2.05, 4.69) is 134 Å². The second kappa shape index (κ2) is 12.0. The standard InChI is InChI=1S/C36H50N2P2/c1-34(2,3)40(35(4,5)6)25-28-23-29(26-15-9-7-10-16-26)30(27-17-11-8-12-18-27)24-31(28)36(39,32-19-13-21-37-32)33-20-14-22-38-33/h7-12,15-18,23-24,32-33,37-38H,13-14,19-22,25,39H2,1-6H3. The van der Waals surface area contributed by atoms with Crippen LogP contribution in [0.3, 0.4) is 0 Å². The lowest BCUT2D eigenvalue weighted by Gasteiger charge is -2.46. The predicted octanol–water partition coefficient (Wildman–Crippen LogP) is 9.17. The van der Waals surface area contributed by atoms with E-state index in [0.29, 0.717) is 12.1 Å². The van der Waals surface area contributed by atoms with E-state index >= 15 is 0 Å². The third-order valence-corrected chi connectivity index (χ3v) is 14.1. The van der Waals surface area contributed by atoms with Crippen LogP contribution in [0.15, 0.2) is 72.8 Å². The van der Waals surface area contributed by atoms with Gasteiger partial charge in [-0.05, 0) is 101 Å². The molecule has 3 unspecified atom stereocenters. The van der Waals surface area contributed by atoms with Crippen LogP contribution in [0.2, 0.25) is 0 Å². The van der Waals surface area contributed by atoms with Crippen LogP contribution in [0, 0.1) is 0 Å². The van der Waals surface area contributed by atoms with Crippen molar-refractivity contribution in [2.75, 3.05) is 13.1 Å². The molecule has 214 valence electrons. The van der Waals surface area contributed by atoms with Gasteiger partial charge in [0.1, 0.15) is 0 Å². The summed E-state index contributed by atoms with van der Waals surface area (Å²) in [6.45, 7) is 17.0. The maximum absolute atomic E-state index is 3.96. The van der Waals surface area contributed by atoms with E-state index in [1.54, 1.807) is 5.56 Å². The molecule has 3 atom stereocenters. The summed E-state index contributed by atoms with van der Waals surface area (Å²) in [6, 6.07) is 28.2. The smallest absolute Gasteiger partial charge is 0.0405 e. The van der Waals surface area contributed by atoms with E-state index < -0.39 is 0 Å². The molecule has 5 rings (SSSR count). The zero-order valence-electron chi connectivity index (χ0n) is 25.6. The van der Waals surface area contributed by atoms with Crippen molar-refractivity contribution >= 4 is 17.2 Å². The zero-order valence-corrected chi connectivity index (χ0v) is 27.6. The Morgan fingerprint density at radius 2 is 1.15 bits per heavy atom. The van der Waals surface area contributed by atoms with Gasteiger partial charge in [-0.2, -0.15) is 0 Å². The van der Waals surface area contributed by atoms with Crippen molar-refractivity contribution in [3.63, 3.8) is 0 Å². The Hall–Kier alpha value is -1.56. The topological polar surface area (TPSA) is 24.1 Å². The molecule has 0 amide bonds. The molecule has 2 aliphatic heterocycles.